The molecule has 1 heterocycles. The third kappa shape index (κ3) is 4.04. The molecule has 1 aliphatic heterocycles. The monoisotopic (exact) mass is 409 g/mol. The van der Waals surface area contributed by atoms with E-state index in [1.165, 1.54) is 47.0 Å². The second-order valence-corrected chi connectivity index (χ2v) is 7.09. The van der Waals surface area contributed by atoms with E-state index in [4.69, 9.17) is 11.6 Å². The first kappa shape index (κ1) is 19.1. The zero-order chi connectivity index (χ0) is 19.6. The molecule has 2 amide bonds. The molecule has 0 unspecified atom stereocenters. The van der Waals surface area contributed by atoms with Gasteiger partial charge in [0.05, 0.1) is 27.1 Å². The van der Waals surface area contributed by atoms with Gasteiger partial charge in [0.2, 0.25) is 5.91 Å². The number of hydrogen-bond acceptors (Lipinski definition) is 5. The van der Waals surface area contributed by atoms with Gasteiger partial charge in [0, 0.05) is 17.9 Å². The molecule has 0 aromatic heterocycles. The number of nitrogens with zero attached hydrogens (tertiary/aromatic N) is 2. The van der Waals surface area contributed by atoms with E-state index in [-0.39, 0.29) is 27.8 Å². The van der Waals surface area contributed by atoms with Crippen molar-refractivity contribution in [3.05, 3.63) is 69.0 Å². The fraction of sp³-hybridized carbons (Fsp3) is 0.176. The lowest BCUT2D eigenvalue weighted by molar-refractivity contribution is -0.384. The molecule has 3 rings (SSSR count). The van der Waals surface area contributed by atoms with Crippen LogP contribution in [0.5, 0.6) is 0 Å². The summed E-state index contributed by atoms with van der Waals surface area (Å²) in [6, 6.07) is 8.45. The van der Waals surface area contributed by atoms with Crippen molar-refractivity contribution in [1.82, 2.24) is 4.90 Å². The topological polar surface area (TPSA) is 92.6 Å². The molecule has 2 aromatic carbocycles. The summed E-state index contributed by atoms with van der Waals surface area (Å²) in [6.45, 7) is 0. The first-order valence-electron chi connectivity index (χ1n) is 7.76. The van der Waals surface area contributed by atoms with Crippen LogP contribution < -0.4 is 5.32 Å². The predicted octanol–water partition coefficient (Wildman–Crippen LogP) is 3.54. The van der Waals surface area contributed by atoms with E-state index in [0.717, 1.165) is 6.07 Å². The van der Waals surface area contributed by atoms with Gasteiger partial charge in [-0.05, 0) is 18.2 Å². The SMILES string of the molecule is O=C(Nc1ccccc1F)[C@H]1CSCN1C(=O)c1ccc([N+](=O)[O-])cc1Cl. The number of non-ortho nitro benzene ring substituents is 1. The Kier molecular flexibility index (Phi) is 5.62. The van der Waals surface area contributed by atoms with Gasteiger partial charge >= 0.3 is 0 Å². The van der Waals surface area contributed by atoms with Crippen LogP contribution in [0.4, 0.5) is 15.8 Å². The highest BCUT2D eigenvalue weighted by molar-refractivity contribution is 7.99. The third-order valence-electron chi connectivity index (χ3n) is 3.97. The first-order chi connectivity index (χ1) is 12.9. The Morgan fingerprint density at radius 2 is 2.04 bits per heavy atom. The van der Waals surface area contributed by atoms with Crippen molar-refractivity contribution in [2.45, 2.75) is 6.04 Å². The van der Waals surface area contributed by atoms with Crippen LogP contribution in [0.25, 0.3) is 0 Å². The zero-order valence-electron chi connectivity index (χ0n) is 13.7. The number of halogens is 2. The number of rotatable bonds is 4. The van der Waals surface area contributed by atoms with E-state index in [2.05, 4.69) is 5.32 Å². The highest BCUT2D eigenvalue weighted by atomic mass is 35.5. The Morgan fingerprint density at radius 3 is 2.70 bits per heavy atom. The molecule has 0 bridgehead atoms. The van der Waals surface area contributed by atoms with Crippen LogP contribution in [0.1, 0.15) is 10.4 Å². The molecule has 2 aromatic rings. The van der Waals surface area contributed by atoms with E-state index >= 15 is 0 Å². The smallest absolute Gasteiger partial charge is 0.270 e. The highest BCUT2D eigenvalue weighted by Gasteiger charge is 2.36. The van der Waals surface area contributed by atoms with E-state index < -0.39 is 28.6 Å². The zero-order valence-corrected chi connectivity index (χ0v) is 15.3. The van der Waals surface area contributed by atoms with Crippen LogP contribution in [0, 0.1) is 15.9 Å². The van der Waals surface area contributed by atoms with Gasteiger partial charge in [0.15, 0.2) is 0 Å². The molecule has 0 aliphatic carbocycles. The molecule has 7 nitrogen and oxygen atoms in total. The van der Waals surface area contributed by atoms with Gasteiger partial charge in [-0.15, -0.1) is 11.8 Å². The molecule has 0 spiro atoms. The number of hydrogen-bond donors (Lipinski definition) is 1. The molecule has 10 heteroatoms. The number of nitrogens with one attached hydrogen (secondary N) is 1. The lowest BCUT2D eigenvalue weighted by Crippen LogP contribution is -2.44. The summed E-state index contributed by atoms with van der Waals surface area (Å²) in [4.78, 5) is 36.8. The minimum atomic E-state index is -0.812. The number of carbonyl (C=O) groups excluding carboxylic acids is 2. The maximum Gasteiger partial charge on any atom is 0.270 e. The van der Waals surface area contributed by atoms with Crippen LogP contribution >= 0.6 is 23.4 Å². The molecule has 1 fully saturated rings. The largest absolute Gasteiger partial charge is 0.322 e. The summed E-state index contributed by atoms with van der Waals surface area (Å²) in [5.74, 6) is -1.02. The van der Waals surface area contributed by atoms with Crippen molar-refractivity contribution in [1.29, 1.82) is 0 Å². The summed E-state index contributed by atoms with van der Waals surface area (Å²) in [5, 5.41) is 13.2. The normalized spacial score (nSPS) is 16.2. The van der Waals surface area contributed by atoms with Crippen LogP contribution in [-0.2, 0) is 4.79 Å². The van der Waals surface area contributed by atoms with E-state index in [1.807, 2.05) is 0 Å². The third-order valence-corrected chi connectivity index (χ3v) is 5.30. The van der Waals surface area contributed by atoms with Crippen molar-refractivity contribution in [3.63, 3.8) is 0 Å². The summed E-state index contributed by atoms with van der Waals surface area (Å²) >= 11 is 7.39. The van der Waals surface area contributed by atoms with Crippen LogP contribution in [0.15, 0.2) is 42.5 Å². The molecular weight excluding hydrogens is 397 g/mol. The first-order valence-corrected chi connectivity index (χ1v) is 9.30. The van der Waals surface area contributed by atoms with Gasteiger partial charge in [0.1, 0.15) is 11.9 Å². The molecule has 27 heavy (non-hydrogen) atoms. The average Bonchev–Trinajstić information content (AvgIpc) is 3.13. The Labute approximate surface area is 162 Å². The standard InChI is InChI=1S/C17H13ClFN3O4S/c18-12-7-10(22(25)26)5-6-11(12)17(24)21-9-27-8-15(21)16(23)20-14-4-2-1-3-13(14)19/h1-7,15H,8-9H2,(H,20,23)/t15-/m1/s1. The van der Waals surface area contributed by atoms with Crippen LogP contribution in [0.3, 0.4) is 0 Å². The average molecular weight is 410 g/mol. The molecule has 1 N–H and O–H groups in total. The van der Waals surface area contributed by atoms with Gasteiger partial charge in [-0.1, -0.05) is 23.7 Å². The van der Waals surface area contributed by atoms with Crippen molar-refractivity contribution >= 4 is 46.6 Å². The van der Waals surface area contributed by atoms with Crippen molar-refractivity contribution < 1.29 is 18.9 Å². The van der Waals surface area contributed by atoms with E-state index in [0.29, 0.717) is 5.75 Å². The quantitative estimate of drug-likeness (QED) is 0.615. The lowest BCUT2D eigenvalue weighted by atomic mass is 10.1. The Balaban J connectivity index is 1.79. The number of nitro groups is 1. The van der Waals surface area contributed by atoms with Gasteiger partial charge in [0.25, 0.3) is 11.6 Å². The van der Waals surface area contributed by atoms with Crippen molar-refractivity contribution in [2.24, 2.45) is 0 Å². The predicted molar refractivity (Wildman–Crippen MR) is 100 cm³/mol. The fourth-order valence-corrected chi connectivity index (χ4v) is 3.99. The number of para-hydroxylation sites is 1. The number of amides is 2. The molecule has 0 radical (unpaired) electrons. The van der Waals surface area contributed by atoms with E-state index in [1.54, 1.807) is 6.07 Å². The molecule has 0 saturated carbocycles. The minimum absolute atomic E-state index is 0.0279. The number of anilines is 1. The summed E-state index contributed by atoms with van der Waals surface area (Å²) in [5.41, 5.74) is -0.144. The van der Waals surface area contributed by atoms with Crippen LogP contribution in [0.2, 0.25) is 5.02 Å². The second kappa shape index (κ2) is 7.93. The number of benzene rings is 2. The van der Waals surface area contributed by atoms with Crippen molar-refractivity contribution in [2.75, 3.05) is 16.9 Å². The summed E-state index contributed by atoms with van der Waals surface area (Å²) < 4.78 is 13.7. The Bertz CT molecular complexity index is 927. The highest BCUT2D eigenvalue weighted by Crippen LogP contribution is 2.29. The Morgan fingerprint density at radius 1 is 1.30 bits per heavy atom. The van der Waals surface area contributed by atoms with Gasteiger partial charge < -0.3 is 10.2 Å². The summed E-state index contributed by atoms with van der Waals surface area (Å²) in [6.07, 6.45) is 0. The van der Waals surface area contributed by atoms with Crippen LogP contribution in [-0.4, -0.2) is 39.3 Å². The number of nitro benzene ring substituents is 1. The van der Waals surface area contributed by atoms with E-state index in [9.17, 15) is 24.1 Å². The lowest BCUT2D eigenvalue weighted by Gasteiger charge is -2.23. The minimum Gasteiger partial charge on any atom is -0.322 e. The number of carbonyl (C=O) groups is 2. The fourth-order valence-electron chi connectivity index (χ4n) is 2.58. The molecule has 1 aliphatic rings. The van der Waals surface area contributed by atoms with Crippen molar-refractivity contribution in [3.8, 4) is 0 Å². The van der Waals surface area contributed by atoms with Gasteiger partial charge in [-0.2, -0.15) is 0 Å². The Hall–Kier alpha value is -2.65. The summed E-state index contributed by atoms with van der Waals surface area (Å²) in [7, 11) is 0. The molecule has 140 valence electrons. The van der Waals surface area contributed by atoms with Gasteiger partial charge in [-0.25, -0.2) is 4.39 Å². The molecule has 1 saturated heterocycles. The maximum absolute atomic E-state index is 13.7. The number of thioether (sulfide) groups is 1. The maximum atomic E-state index is 13.7. The van der Waals surface area contributed by atoms with Gasteiger partial charge in [-0.3, -0.25) is 19.7 Å². The molecular formula is C17H13ClFN3O4S. The molecule has 1 atom stereocenters. The second-order valence-electron chi connectivity index (χ2n) is 5.68.